The van der Waals surface area contributed by atoms with Gasteiger partial charge in [-0.15, -0.1) is 0 Å². The zero-order chi connectivity index (χ0) is 18.1. The van der Waals surface area contributed by atoms with E-state index in [1.807, 2.05) is 0 Å². The zero-order valence-electron chi connectivity index (χ0n) is 12.9. The molecule has 0 saturated carbocycles. The van der Waals surface area contributed by atoms with E-state index in [4.69, 9.17) is 0 Å². The van der Waals surface area contributed by atoms with Crippen LogP contribution in [0.4, 0.5) is 19.0 Å². The maximum atomic E-state index is 12.9. The second-order valence-corrected chi connectivity index (χ2v) is 7.28. The Morgan fingerprint density at radius 2 is 2.04 bits per heavy atom. The molecule has 0 unspecified atom stereocenters. The predicted octanol–water partition coefficient (Wildman–Crippen LogP) is 2.68. The first-order chi connectivity index (χ1) is 11.0. The molecule has 2 aromatic rings. The van der Waals surface area contributed by atoms with Crippen LogP contribution in [0.15, 0.2) is 41.4 Å². The quantitative estimate of drug-likeness (QED) is 0.830. The Bertz CT molecular complexity index is 855. The molecule has 0 aromatic carbocycles. The largest absolute Gasteiger partial charge is 0.435 e. The predicted molar refractivity (Wildman–Crippen MR) is 82.8 cm³/mol. The highest BCUT2D eigenvalue weighted by molar-refractivity contribution is 7.90. The van der Waals surface area contributed by atoms with Crippen LogP contribution in [0, 0.1) is 0 Å². The molecule has 0 saturated heterocycles. The average Bonchev–Trinajstić information content (AvgIpc) is 2.88. The van der Waals surface area contributed by atoms with Gasteiger partial charge in [0.15, 0.2) is 21.3 Å². The van der Waals surface area contributed by atoms with E-state index in [-0.39, 0.29) is 23.1 Å². The summed E-state index contributed by atoms with van der Waals surface area (Å²) < 4.78 is 62.5. The maximum absolute atomic E-state index is 12.9. The molecule has 0 radical (unpaired) electrons. The molecule has 24 heavy (non-hydrogen) atoms. The Hall–Kier alpha value is -2.36. The number of nitrogens with one attached hydrogen (secondary N) is 1. The minimum atomic E-state index is -4.61. The maximum Gasteiger partial charge on any atom is 0.435 e. The number of hydrogen-bond acceptors (Lipinski definition) is 5. The Morgan fingerprint density at radius 1 is 1.38 bits per heavy atom. The summed E-state index contributed by atoms with van der Waals surface area (Å²) in [4.78, 5) is 3.85. The molecule has 10 heteroatoms. The van der Waals surface area contributed by atoms with Crippen molar-refractivity contribution >= 4 is 15.7 Å². The van der Waals surface area contributed by atoms with Crippen LogP contribution >= 0.6 is 0 Å². The van der Waals surface area contributed by atoms with Crippen LogP contribution in [0.3, 0.4) is 0 Å². The van der Waals surface area contributed by atoms with Crippen LogP contribution in [0.25, 0.3) is 5.82 Å². The third kappa shape index (κ3) is 4.13. The van der Waals surface area contributed by atoms with E-state index in [9.17, 15) is 21.6 Å². The summed E-state index contributed by atoms with van der Waals surface area (Å²) >= 11 is 0. The first kappa shape index (κ1) is 18.0. The fourth-order valence-corrected chi connectivity index (χ4v) is 2.34. The van der Waals surface area contributed by atoms with E-state index in [2.05, 4.69) is 22.0 Å². The number of pyridine rings is 1. The molecule has 2 heterocycles. The number of alkyl halides is 3. The van der Waals surface area contributed by atoms with Crippen molar-refractivity contribution in [2.75, 3.05) is 18.1 Å². The Labute approximate surface area is 136 Å². The molecule has 6 nitrogen and oxygen atoms in total. The van der Waals surface area contributed by atoms with Crippen molar-refractivity contribution in [3.8, 4) is 5.82 Å². The normalized spacial score (nSPS) is 12.2. The number of halogens is 3. The van der Waals surface area contributed by atoms with Crippen molar-refractivity contribution in [2.45, 2.75) is 18.0 Å². The van der Waals surface area contributed by atoms with Gasteiger partial charge >= 0.3 is 6.18 Å². The second-order valence-electron chi connectivity index (χ2n) is 5.26. The lowest BCUT2D eigenvalue weighted by Crippen LogP contribution is -2.10. The molecule has 2 aromatic heterocycles. The molecule has 0 atom stereocenters. The van der Waals surface area contributed by atoms with Crippen LogP contribution in [0.1, 0.15) is 12.6 Å². The number of sulfone groups is 1. The molecule has 130 valence electrons. The monoisotopic (exact) mass is 360 g/mol. The van der Waals surface area contributed by atoms with Crippen molar-refractivity contribution in [1.82, 2.24) is 14.8 Å². The molecule has 2 rings (SSSR count). The number of aromatic nitrogens is 3. The molecular formula is C14H15F3N4O2S. The second kappa shape index (κ2) is 6.27. The summed E-state index contributed by atoms with van der Waals surface area (Å²) in [6.45, 7) is 5.64. The number of nitrogens with zero attached hydrogens (tertiary/aromatic N) is 3. The third-order valence-electron chi connectivity index (χ3n) is 2.94. The Kier molecular flexibility index (Phi) is 4.70. The average molecular weight is 360 g/mol. The molecule has 0 spiro atoms. The van der Waals surface area contributed by atoms with Crippen molar-refractivity contribution in [2.24, 2.45) is 0 Å². The summed E-state index contributed by atoms with van der Waals surface area (Å²) in [7, 11) is -3.45. The van der Waals surface area contributed by atoms with Gasteiger partial charge in [0.25, 0.3) is 0 Å². The van der Waals surface area contributed by atoms with Crippen LogP contribution in [-0.2, 0) is 16.0 Å². The SMILES string of the molecule is C=C(C)CNc1cc(C(F)(F)F)nn1-c1ccc(S(C)(=O)=O)cn1. The van der Waals surface area contributed by atoms with Gasteiger partial charge < -0.3 is 5.32 Å². The third-order valence-corrected chi connectivity index (χ3v) is 4.03. The van der Waals surface area contributed by atoms with Crippen LogP contribution < -0.4 is 5.32 Å². The molecule has 0 bridgehead atoms. The highest BCUT2D eigenvalue weighted by Gasteiger charge is 2.35. The first-order valence-corrected chi connectivity index (χ1v) is 8.59. The molecule has 1 N–H and O–H groups in total. The summed E-state index contributed by atoms with van der Waals surface area (Å²) in [6, 6.07) is 3.40. The van der Waals surface area contributed by atoms with E-state index < -0.39 is 21.7 Å². The van der Waals surface area contributed by atoms with Crippen LogP contribution in [0.5, 0.6) is 0 Å². The fraction of sp³-hybridized carbons (Fsp3) is 0.286. The lowest BCUT2D eigenvalue weighted by atomic mass is 10.3. The van der Waals surface area contributed by atoms with E-state index >= 15 is 0 Å². The summed E-state index contributed by atoms with van der Waals surface area (Å²) in [5.74, 6) is 0.132. The van der Waals surface area contributed by atoms with Crippen molar-refractivity contribution < 1.29 is 21.6 Å². The summed E-state index contributed by atoms with van der Waals surface area (Å²) in [5, 5.41) is 6.30. The smallest absolute Gasteiger partial charge is 0.366 e. The van der Waals surface area contributed by atoms with Gasteiger partial charge in [0.05, 0.1) is 4.90 Å². The lowest BCUT2D eigenvalue weighted by Gasteiger charge is -2.09. The van der Waals surface area contributed by atoms with Gasteiger partial charge in [-0.1, -0.05) is 12.2 Å². The van der Waals surface area contributed by atoms with Crippen molar-refractivity contribution in [3.05, 3.63) is 42.2 Å². The van der Waals surface area contributed by atoms with Gasteiger partial charge in [-0.3, -0.25) is 0 Å². The van der Waals surface area contributed by atoms with Gasteiger partial charge in [0, 0.05) is 25.1 Å². The highest BCUT2D eigenvalue weighted by atomic mass is 32.2. The number of hydrogen-bond donors (Lipinski definition) is 1. The molecule has 0 aliphatic rings. The van der Waals surface area contributed by atoms with E-state index in [1.54, 1.807) is 6.92 Å². The minimum absolute atomic E-state index is 0.0362. The molecular weight excluding hydrogens is 345 g/mol. The van der Waals surface area contributed by atoms with Crippen molar-refractivity contribution in [1.29, 1.82) is 0 Å². The van der Waals surface area contributed by atoms with Crippen LogP contribution in [0.2, 0.25) is 0 Å². The van der Waals surface area contributed by atoms with E-state index in [0.717, 1.165) is 28.8 Å². The molecule has 0 aliphatic heterocycles. The van der Waals surface area contributed by atoms with Gasteiger partial charge in [0.1, 0.15) is 5.82 Å². The molecule has 0 fully saturated rings. The molecule has 0 amide bonds. The van der Waals surface area contributed by atoms with Gasteiger partial charge in [0.2, 0.25) is 0 Å². The first-order valence-electron chi connectivity index (χ1n) is 6.70. The Morgan fingerprint density at radius 3 is 2.50 bits per heavy atom. The zero-order valence-corrected chi connectivity index (χ0v) is 13.7. The summed E-state index contributed by atoms with van der Waals surface area (Å²) in [5.41, 5.74) is -0.364. The van der Waals surface area contributed by atoms with Crippen LogP contribution in [-0.4, -0.2) is 36.0 Å². The van der Waals surface area contributed by atoms with Gasteiger partial charge in [-0.05, 0) is 19.1 Å². The van der Waals surface area contributed by atoms with Gasteiger partial charge in [-0.25, -0.2) is 13.4 Å². The van der Waals surface area contributed by atoms with E-state index in [0.29, 0.717) is 0 Å². The summed E-state index contributed by atoms with van der Waals surface area (Å²) in [6.07, 6.45) is -2.53. The number of anilines is 1. The fourth-order valence-electron chi connectivity index (χ4n) is 1.78. The number of rotatable bonds is 5. The topological polar surface area (TPSA) is 76.9 Å². The lowest BCUT2D eigenvalue weighted by molar-refractivity contribution is -0.141. The van der Waals surface area contributed by atoms with E-state index in [1.165, 1.54) is 12.1 Å². The van der Waals surface area contributed by atoms with Gasteiger partial charge in [-0.2, -0.15) is 23.0 Å². The molecule has 0 aliphatic carbocycles. The minimum Gasteiger partial charge on any atom is -0.366 e. The standard InChI is InChI=1S/C14H15F3N4O2S/c1-9(2)7-18-13-6-11(14(15,16)17)20-21(13)12-5-4-10(8-19-12)24(3,22)23/h4-6,8,18H,1,7H2,2-3H3. The van der Waals surface area contributed by atoms with Crippen molar-refractivity contribution in [3.63, 3.8) is 0 Å². The Balaban J connectivity index is 2.47. The highest BCUT2D eigenvalue weighted by Crippen LogP contribution is 2.31.